The van der Waals surface area contributed by atoms with Crippen molar-refractivity contribution in [1.82, 2.24) is 5.16 Å². The minimum absolute atomic E-state index is 0.988. The van der Waals surface area contributed by atoms with Crippen molar-refractivity contribution in [2.45, 2.75) is 51.9 Å². The number of alkyl halides is 1. The van der Waals surface area contributed by atoms with Gasteiger partial charge in [-0.05, 0) is 19.8 Å². The van der Waals surface area contributed by atoms with Crippen LogP contribution in [0.4, 0.5) is 0 Å². The van der Waals surface area contributed by atoms with E-state index in [0.717, 1.165) is 23.2 Å². The van der Waals surface area contributed by atoms with Crippen LogP contribution in [-0.2, 0) is 6.42 Å². The van der Waals surface area contributed by atoms with Gasteiger partial charge in [-0.15, -0.1) is 0 Å². The van der Waals surface area contributed by atoms with Crippen LogP contribution in [-0.4, -0.2) is 10.5 Å². The van der Waals surface area contributed by atoms with Crippen LogP contribution in [0.3, 0.4) is 0 Å². The van der Waals surface area contributed by atoms with Crippen LogP contribution in [0, 0.1) is 6.92 Å². The molecule has 0 saturated heterocycles. The van der Waals surface area contributed by atoms with Crippen LogP contribution in [0.1, 0.15) is 50.0 Å². The van der Waals surface area contributed by atoms with E-state index in [4.69, 9.17) is 4.52 Å². The van der Waals surface area contributed by atoms with Gasteiger partial charge in [-0.3, -0.25) is 0 Å². The van der Waals surface area contributed by atoms with Crippen LogP contribution in [0.25, 0.3) is 0 Å². The lowest BCUT2D eigenvalue weighted by Crippen LogP contribution is -1.84. The molecule has 0 radical (unpaired) electrons. The fraction of sp³-hybridized carbons (Fsp3) is 0.750. The molecule has 0 spiro atoms. The van der Waals surface area contributed by atoms with Gasteiger partial charge < -0.3 is 4.52 Å². The van der Waals surface area contributed by atoms with E-state index >= 15 is 0 Å². The fourth-order valence-electron chi connectivity index (χ4n) is 1.63. The second-order valence-corrected chi connectivity index (χ2v) is 4.79. The molecule has 0 aliphatic heterocycles. The summed E-state index contributed by atoms with van der Waals surface area (Å²) in [6.07, 6.45) is 8.94. The third kappa shape index (κ3) is 5.98. The summed E-state index contributed by atoms with van der Waals surface area (Å²) in [6, 6.07) is 2.03. The topological polar surface area (TPSA) is 26.0 Å². The number of unbranched alkanes of at least 4 members (excludes halogenated alkanes) is 5. The molecule has 1 rings (SSSR count). The van der Waals surface area contributed by atoms with Gasteiger partial charge >= 0.3 is 0 Å². The maximum Gasteiger partial charge on any atom is 0.136 e. The number of halogens is 1. The minimum Gasteiger partial charge on any atom is -0.361 e. The maximum absolute atomic E-state index is 5.15. The molecule has 0 aromatic carbocycles. The summed E-state index contributed by atoms with van der Waals surface area (Å²) in [5.41, 5.74) is 0.988. The molecule has 0 bridgehead atoms. The molecule has 0 unspecified atom stereocenters. The van der Waals surface area contributed by atoms with Gasteiger partial charge in [-0.2, -0.15) is 0 Å². The molecule has 0 aliphatic carbocycles. The third-order valence-electron chi connectivity index (χ3n) is 2.48. The molecule has 1 heterocycles. The fourth-order valence-corrected chi connectivity index (χ4v) is 2.03. The highest BCUT2D eigenvalue weighted by atomic mass is 79.9. The van der Waals surface area contributed by atoms with Gasteiger partial charge in [0.15, 0.2) is 0 Å². The van der Waals surface area contributed by atoms with Gasteiger partial charge in [0.25, 0.3) is 0 Å². The van der Waals surface area contributed by atoms with Crippen molar-refractivity contribution >= 4 is 15.9 Å². The molecule has 0 atom stereocenters. The van der Waals surface area contributed by atoms with Crippen molar-refractivity contribution in [1.29, 1.82) is 0 Å². The number of aryl methyl sites for hydroxylation is 2. The van der Waals surface area contributed by atoms with Crippen LogP contribution in [0.15, 0.2) is 10.6 Å². The van der Waals surface area contributed by atoms with Crippen molar-refractivity contribution in [3.8, 4) is 0 Å². The Bertz CT molecular complexity index is 260. The standard InChI is InChI=1S/C12H20BrNO/c1-11-10-12(15-14-11)8-6-4-2-3-5-7-9-13/h10H,2-9H2,1H3. The molecule has 0 saturated carbocycles. The quantitative estimate of drug-likeness (QED) is 0.523. The van der Waals surface area contributed by atoms with E-state index in [1.165, 1.54) is 38.5 Å². The number of rotatable bonds is 8. The monoisotopic (exact) mass is 273 g/mol. The highest BCUT2D eigenvalue weighted by molar-refractivity contribution is 9.09. The summed E-state index contributed by atoms with van der Waals surface area (Å²) in [7, 11) is 0. The predicted octanol–water partition coefficient (Wildman–Crippen LogP) is 4.26. The van der Waals surface area contributed by atoms with E-state index in [9.17, 15) is 0 Å². The van der Waals surface area contributed by atoms with E-state index < -0.39 is 0 Å². The first-order valence-electron chi connectivity index (χ1n) is 5.81. The lowest BCUT2D eigenvalue weighted by atomic mass is 10.1. The molecule has 1 aromatic heterocycles. The van der Waals surface area contributed by atoms with Crippen LogP contribution in [0.5, 0.6) is 0 Å². The Hall–Kier alpha value is -0.310. The highest BCUT2D eigenvalue weighted by Crippen LogP contribution is 2.10. The smallest absolute Gasteiger partial charge is 0.136 e. The summed E-state index contributed by atoms with van der Waals surface area (Å²) >= 11 is 3.45. The molecule has 3 heteroatoms. The normalized spacial score (nSPS) is 10.8. The van der Waals surface area contributed by atoms with Crippen molar-refractivity contribution < 1.29 is 4.52 Å². The van der Waals surface area contributed by atoms with Crippen LogP contribution in [0.2, 0.25) is 0 Å². The average Bonchev–Trinajstić information content (AvgIpc) is 2.63. The zero-order chi connectivity index (χ0) is 10.9. The lowest BCUT2D eigenvalue weighted by molar-refractivity contribution is 0.375. The number of hydrogen-bond acceptors (Lipinski definition) is 2. The Kier molecular flexibility index (Phi) is 6.73. The van der Waals surface area contributed by atoms with Crippen LogP contribution >= 0.6 is 15.9 Å². The Balaban J connectivity index is 1.93. The van der Waals surface area contributed by atoms with Gasteiger partial charge in [0.1, 0.15) is 5.76 Å². The van der Waals surface area contributed by atoms with Crippen molar-refractivity contribution in [2.75, 3.05) is 5.33 Å². The van der Waals surface area contributed by atoms with E-state index in [0.29, 0.717) is 0 Å². The molecule has 86 valence electrons. The number of aromatic nitrogens is 1. The van der Waals surface area contributed by atoms with E-state index in [1.807, 2.05) is 13.0 Å². The van der Waals surface area contributed by atoms with Crippen molar-refractivity contribution in [3.05, 3.63) is 17.5 Å². The van der Waals surface area contributed by atoms with Crippen LogP contribution < -0.4 is 0 Å². The molecular formula is C12H20BrNO. The maximum atomic E-state index is 5.15. The highest BCUT2D eigenvalue weighted by Gasteiger charge is 1.99. The minimum atomic E-state index is 0.988. The SMILES string of the molecule is Cc1cc(CCCCCCCCBr)on1. The molecule has 15 heavy (non-hydrogen) atoms. The predicted molar refractivity (Wildman–Crippen MR) is 66.4 cm³/mol. The molecular weight excluding hydrogens is 254 g/mol. The number of nitrogens with zero attached hydrogens (tertiary/aromatic N) is 1. The molecule has 0 fully saturated rings. The second kappa shape index (κ2) is 7.91. The Morgan fingerprint density at radius 1 is 1.13 bits per heavy atom. The van der Waals surface area contributed by atoms with Gasteiger partial charge in [0.05, 0.1) is 5.69 Å². The molecule has 0 aliphatic rings. The zero-order valence-electron chi connectivity index (χ0n) is 9.47. The van der Waals surface area contributed by atoms with Crippen molar-refractivity contribution in [2.24, 2.45) is 0 Å². The van der Waals surface area contributed by atoms with Gasteiger partial charge in [-0.1, -0.05) is 46.8 Å². The third-order valence-corrected chi connectivity index (χ3v) is 3.04. The van der Waals surface area contributed by atoms with Gasteiger partial charge in [0.2, 0.25) is 0 Å². The number of hydrogen-bond donors (Lipinski definition) is 0. The molecule has 1 aromatic rings. The zero-order valence-corrected chi connectivity index (χ0v) is 11.1. The lowest BCUT2D eigenvalue weighted by Gasteiger charge is -1.98. The molecule has 0 N–H and O–H groups in total. The summed E-state index contributed by atoms with van der Waals surface area (Å²) in [4.78, 5) is 0. The summed E-state index contributed by atoms with van der Waals surface area (Å²) in [6.45, 7) is 1.97. The van der Waals surface area contributed by atoms with Gasteiger partial charge in [-0.25, -0.2) is 0 Å². The largest absolute Gasteiger partial charge is 0.361 e. The van der Waals surface area contributed by atoms with E-state index in [2.05, 4.69) is 21.1 Å². The molecule has 0 amide bonds. The van der Waals surface area contributed by atoms with Crippen molar-refractivity contribution in [3.63, 3.8) is 0 Å². The second-order valence-electron chi connectivity index (χ2n) is 3.99. The first kappa shape index (κ1) is 12.8. The first-order valence-corrected chi connectivity index (χ1v) is 6.93. The summed E-state index contributed by atoms with van der Waals surface area (Å²) in [5.74, 6) is 1.04. The van der Waals surface area contributed by atoms with Gasteiger partial charge in [0, 0.05) is 17.8 Å². The molecule has 2 nitrogen and oxygen atoms in total. The van der Waals surface area contributed by atoms with E-state index in [-0.39, 0.29) is 0 Å². The summed E-state index contributed by atoms with van der Waals surface area (Å²) < 4.78 is 5.15. The Labute approximate surface area is 101 Å². The Morgan fingerprint density at radius 2 is 1.80 bits per heavy atom. The van der Waals surface area contributed by atoms with E-state index in [1.54, 1.807) is 0 Å². The average molecular weight is 274 g/mol. The first-order chi connectivity index (χ1) is 7.33. The Morgan fingerprint density at radius 3 is 2.40 bits per heavy atom. The summed E-state index contributed by atoms with van der Waals surface area (Å²) in [5, 5.41) is 5.02.